The number of allylic oxidation sites excluding steroid dienone is 8. The molecule has 0 aromatic heterocycles. The maximum atomic E-state index is 3.73. The molecule has 0 aliphatic heterocycles. The maximum Gasteiger partial charge on any atom is 0.0249 e. The maximum absolute atomic E-state index is 3.73. The lowest BCUT2D eigenvalue weighted by Gasteiger charge is -2.46. The summed E-state index contributed by atoms with van der Waals surface area (Å²) in [6, 6.07) is 18.4. The van der Waals surface area contributed by atoms with Crippen LogP contribution in [-0.2, 0) is 10.8 Å². The van der Waals surface area contributed by atoms with Gasteiger partial charge in [0.1, 0.15) is 0 Å². The average Bonchev–Trinajstić information content (AvgIpc) is 3.69. The molecule has 0 bridgehead atoms. The summed E-state index contributed by atoms with van der Waals surface area (Å²) in [4.78, 5) is 0. The Kier molecular flexibility index (Phi) is 4.31. The number of fused-ring (bicyclic) bond motifs is 1. The van der Waals surface area contributed by atoms with Crippen molar-refractivity contribution in [2.45, 2.75) is 64.7 Å². The molecule has 0 N–H and O–H groups in total. The first kappa shape index (κ1) is 22.4. The molecular formula is C38H34. The molecule has 186 valence electrons. The van der Waals surface area contributed by atoms with E-state index in [1.165, 1.54) is 38.6 Å². The number of hydrogen-bond donors (Lipinski definition) is 0. The van der Waals surface area contributed by atoms with Crippen LogP contribution in [0.4, 0.5) is 0 Å². The molecule has 0 nitrogen and oxygen atoms in total. The van der Waals surface area contributed by atoms with Crippen molar-refractivity contribution in [3.8, 4) is 11.8 Å². The van der Waals surface area contributed by atoms with E-state index in [2.05, 4.69) is 113 Å². The van der Waals surface area contributed by atoms with Gasteiger partial charge in [0.2, 0.25) is 0 Å². The highest BCUT2D eigenvalue weighted by Crippen LogP contribution is 2.72. The van der Waals surface area contributed by atoms with Crippen molar-refractivity contribution in [3.63, 3.8) is 0 Å². The standard InChI is InChI=1S/C38H34/c1-22-20-29-33-32-27(22)12-9-13-28(32)37(2,3)30-21-26(31-35(34(30)33)36(31)38(29,4)5)19-16-23-14-17-25(18-15-23)24-10-7-6-8-11-24/h6-7,9-10,12-15,17-18,20,30,36H,8,11,21H2,1-5H3. The largest absolute Gasteiger partial charge is 0.0842 e. The first-order chi connectivity index (χ1) is 18.3. The molecule has 3 aromatic rings. The van der Waals surface area contributed by atoms with Gasteiger partial charge in [0.15, 0.2) is 0 Å². The molecule has 1 saturated carbocycles. The lowest BCUT2D eigenvalue weighted by molar-refractivity contribution is 0.386. The molecule has 5 aliphatic rings. The first-order valence-electron chi connectivity index (χ1n) is 14.3. The van der Waals surface area contributed by atoms with Gasteiger partial charge < -0.3 is 0 Å². The summed E-state index contributed by atoms with van der Waals surface area (Å²) in [7, 11) is 0. The van der Waals surface area contributed by atoms with Gasteiger partial charge in [0.25, 0.3) is 0 Å². The third-order valence-electron chi connectivity index (χ3n) is 10.4. The predicted molar refractivity (Wildman–Crippen MR) is 160 cm³/mol. The van der Waals surface area contributed by atoms with E-state index in [-0.39, 0.29) is 10.8 Å². The molecule has 2 atom stereocenters. The fraction of sp³-hybridized carbons (Fsp3) is 0.316. The van der Waals surface area contributed by atoms with Crippen molar-refractivity contribution >= 4 is 21.9 Å². The van der Waals surface area contributed by atoms with Crippen LogP contribution in [0.2, 0.25) is 0 Å². The minimum absolute atomic E-state index is 0.0802. The Hall–Kier alpha value is -3.56. The van der Waals surface area contributed by atoms with Gasteiger partial charge in [-0.3, -0.25) is 0 Å². The Morgan fingerprint density at radius 2 is 1.66 bits per heavy atom. The van der Waals surface area contributed by atoms with Gasteiger partial charge in [0, 0.05) is 22.5 Å². The molecule has 0 heterocycles. The lowest BCUT2D eigenvalue weighted by Crippen LogP contribution is -2.37. The van der Waals surface area contributed by atoms with E-state index in [1.54, 1.807) is 27.8 Å². The highest BCUT2D eigenvalue weighted by molar-refractivity contribution is 6.07. The number of rotatable bonds is 1. The van der Waals surface area contributed by atoms with Crippen molar-refractivity contribution < 1.29 is 0 Å². The molecule has 0 heteroatoms. The average molecular weight is 491 g/mol. The molecule has 0 radical (unpaired) electrons. The smallest absolute Gasteiger partial charge is 0.0249 e. The van der Waals surface area contributed by atoms with Crippen molar-refractivity contribution in [1.82, 2.24) is 0 Å². The second-order valence-corrected chi connectivity index (χ2v) is 13.2. The highest BCUT2D eigenvalue weighted by Gasteiger charge is 2.61. The van der Waals surface area contributed by atoms with Crippen molar-refractivity contribution in [2.24, 2.45) is 11.8 Å². The summed E-state index contributed by atoms with van der Waals surface area (Å²) in [6.45, 7) is 12.2. The Morgan fingerprint density at radius 1 is 0.842 bits per heavy atom. The highest BCUT2D eigenvalue weighted by atomic mass is 14.6. The van der Waals surface area contributed by atoms with Crippen LogP contribution in [0.3, 0.4) is 0 Å². The molecule has 5 aliphatic carbocycles. The van der Waals surface area contributed by atoms with Gasteiger partial charge >= 0.3 is 0 Å². The molecule has 1 fully saturated rings. The molecular weight excluding hydrogens is 456 g/mol. The second kappa shape index (κ2) is 7.30. The summed E-state index contributed by atoms with van der Waals surface area (Å²) in [6.07, 6.45) is 9.99. The van der Waals surface area contributed by atoms with Crippen LogP contribution in [0.5, 0.6) is 0 Å². The van der Waals surface area contributed by atoms with Crippen LogP contribution in [-0.4, -0.2) is 0 Å². The van der Waals surface area contributed by atoms with Gasteiger partial charge in [-0.2, -0.15) is 0 Å². The summed E-state index contributed by atoms with van der Waals surface area (Å²) in [5.74, 6) is 8.32. The molecule has 3 aromatic carbocycles. The Balaban J connectivity index is 1.27. The lowest BCUT2D eigenvalue weighted by atomic mass is 9.57. The SMILES string of the molecule is Cc1cc2c3c4c(cccc14)C(C)(C)C1CC(C#Cc4ccc(C5=CC=CCC5)cc4)=C4C(=C31)C4C2(C)C. The fourth-order valence-corrected chi connectivity index (χ4v) is 8.31. The molecule has 0 saturated heterocycles. The number of aryl methyl sites for hydroxylation is 1. The van der Waals surface area contributed by atoms with E-state index in [0.717, 1.165) is 24.8 Å². The van der Waals surface area contributed by atoms with Gasteiger partial charge in [-0.25, -0.2) is 0 Å². The van der Waals surface area contributed by atoms with Crippen LogP contribution < -0.4 is 0 Å². The van der Waals surface area contributed by atoms with E-state index in [4.69, 9.17) is 0 Å². The van der Waals surface area contributed by atoms with Crippen LogP contribution in [0.25, 0.3) is 21.9 Å². The quantitative estimate of drug-likeness (QED) is 0.298. The van der Waals surface area contributed by atoms with Crippen LogP contribution in [0, 0.1) is 30.6 Å². The molecule has 0 amide bonds. The van der Waals surface area contributed by atoms with E-state index >= 15 is 0 Å². The molecule has 38 heavy (non-hydrogen) atoms. The van der Waals surface area contributed by atoms with Gasteiger partial charge in [-0.1, -0.05) is 94.2 Å². The monoisotopic (exact) mass is 490 g/mol. The van der Waals surface area contributed by atoms with Gasteiger partial charge in [-0.15, -0.1) is 0 Å². The molecule has 2 unspecified atom stereocenters. The van der Waals surface area contributed by atoms with E-state index in [9.17, 15) is 0 Å². The zero-order chi connectivity index (χ0) is 26.0. The second-order valence-electron chi connectivity index (χ2n) is 13.2. The molecule has 8 rings (SSSR count). The predicted octanol–water partition coefficient (Wildman–Crippen LogP) is 9.22. The third kappa shape index (κ3) is 2.78. The van der Waals surface area contributed by atoms with Gasteiger partial charge in [-0.05, 0) is 111 Å². The zero-order valence-corrected chi connectivity index (χ0v) is 23.1. The van der Waals surface area contributed by atoms with E-state index in [1.807, 2.05) is 0 Å². The van der Waals surface area contributed by atoms with Crippen molar-refractivity contribution in [2.75, 3.05) is 0 Å². The van der Waals surface area contributed by atoms with E-state index in [0.29, 0.717) is 11.8 Å². The zero-order valence-electron chi connectivity index (χ0n) is 23.1. The normalized spacial score (nSPS) is 24.7. The summed E-state index contributed by atoms with van der Waals surface area (Å²) in [5.41, 5.74) is 16.4. The van der Waals surface area contributed by atoms with Crippen molar-refractivity contribution in [1.29, 1.82) is 0 Å². The Morgan fingerprint density at radius 3 is 2.42 bits per heavy atom. The first-order valence-corrected chi connectivity index (χ1v) is 14.3. The summed E-state index contributed by atoms with van der Waals surface area (Å²) >= 11 is 0. The Labute approximate surface area is 226 Å². The minimum Gasteiger partial charge on any atom is -0.0842 e. The van der Waals surface area contributed by atoms with Crippen molar-refractivity contribution in [3.05, 3.63) is 117 Å². The molecule has 0 spiro atoms. The van der Waals surface area contributed by atoms with Crippen LogP contribution in [0.1, 0.15) is 80.3 Å². The Bertz CT molecular complexity index is 1780. The number of benzene rings is 3. The minimum atomic E-state index is 0.0802. The fourth-order valence-electron chi connectivity index (χ4n) is 8.31. The van der Waals surface area contributed by atoms with Crippen LogP contribution >= 0.6 is 0 Å². The summed E-state index contributed by atoms with van der Waals surface area (Å²) in [5, 5.41) is 2.97. The van der Waals surface area contributed by atoms with Crippen LogP contribution in [0.15, 0.2) is 83.5 Å². The topological polar surface area (TPSA) is 0 Å². The van der Waals surface area contributed by atoms with Gasteiger partial charge in [0.05, 0.1) is 0 Å². The number of hydrogen-bond acceptors (Lipinski definition) is 0. The summed E-state index contributed by atoms with van der Waals surface area (Å²) < 4.78 is 0. The third-order valence-corrected chi connectivity index (χ3v) is 10.4. The van der Waals surface area contributed by atoms with E-state index < -0.39 is 0 Å².